The molecule has 1 N–H and O–H groups in total. The highest BCUT2D eigenvalue weighted by Crippen LogP contribution is 2.40. The van der Waals surface area contributed by atoms with Gasteiger partial charge in [0.15, 0.2) is 0 Å². The zero-order chi connectivity index (χ0) is 11.4. The van der Waals surface area contributed by atoms with E-state index in [1.54, 1.807) is 7.11 Å². The fraction of sp³-hybridized carbons (Fsp3) is 0.538. The highest BCUT2D eigenvalue weighted by molar-refractivity contribution is 7.99. The van der Waals surface area contributed by atoms with Crippen molar-refractivity contribution in [2.75, 3.05) is 19.4 Å². The summed E-state index contributed by atoms with van der Waals surface area (Å²) in [6.45, 7) is 3.24. The summed E-state index contributed by atoms with van der Waals surface area (Å²) in [5.41, 5.74) is 1.42. The molecular weight excluding hydrogens is 218 g/mol. The first-order valence-corrected chi connectivity index (χ1v) is 6.87. The third-order valence-electron chi connectivity index (χ3n) is 2.98. The van der Waals surface area contributed by atoms with E-state index in [1.807, 2.05) is 0 Å². The monoisotopic (exact) mass is 237 g/mol. The molecular formula is C13H19NOS. The van der Waals surface area contributed by atoms with Gasteiger partial charge in [-0.25, -0.2) is 0 Å². The number of thioether (sulfide) groups is 1. The number of ether oxygens (including phenoxy) is 1. The van der Waals surface area contributed by atoms with E-state index in [0.717, 1.165) is 12.3 Å². The smallest absolute Gasteiger partial charge is 0.118 e. The summed E-state index contributed by atoms with van der Waals surface area (Å²) in [5.74, 6) is 2.17. The molecule has 0 spiro atoms. The van der Waals surface area contributed by atoms with Gasteiger partial charge in [0, 0.05) is 17.0 Å². The standard InChI is InChI=1S/C13H19NOS/c1-3-14-11-8-13(16-9-11)10-4-6-12(15-2)7-5-10/h4-7,11,13-14H,3,8-9H2,1-2H3/t11?,13-/m1/s1. The maximum absolute atomic E-state index is 5.17. The van der Waals surface area contributed by atoms with E-state index >= 15 is 0 Å². The molecule has 0 aliphatic carbocycles. The Bertz CT molecular complexity index is 325. The average Bonchev–Trinajstić information content (AvgIpc) is 2.78. The van der Waals surface area contributed by atoms with Gasteiger partial charge < -0.3 is 10.1 Å². The lowest BCUT2D eigenvalue weighted by molar-refractivity contribution is 0.414. The molecule has 0 saturated carbocycles. The van der Waals surface area contributed by atoms with Crippen molar-refractivity contribution >= 4 is 11.8 Å². The highest BCUT2D eigenvalue weighted by Gasteiger charge is 2.25. The fourth-order valence-corrected chi connectivity index (χ4v) is 3.55. The second kappa shape index (κ2) is 5.60. The Balaban J connectivity index is 1.97. The summed E-state index contributed by atoms with van der Waals surface area (Å²) >= 11 is 2.05. The van der Waals surface area contributed by atoms with Gasteiger partial charge in [0.2, 0.25) is 0 Å². The van der Waals surface area contributed by atoms with E-state index in [1.165, 1.54) is 17.7 Å². The van der Waals surface area contributed by atoms with Crippen molar-refractivity contribution in [2.24, 2.45) is 0 Å². The molecule has 1 fully saturated rings. The van der Waals surface area contributed by atoms with E-state index < -0.39 is 0 Å². The Hall–Kier alpha value is -0.670. The molecule has 2 nitrogen and oxygen atoms in total. The first-order chi connectivity index (χ1) is 7.83. The van der Waals surface area contributed by atoms with Crippen molar-refractivity contribution in [3.05, 3.63) is 29.8 Å². The van der Waals surface area contributed by atoms with Crippen LogP contribution in [0, 0.1) is 0 Å². The van der Waals surface area contributed by atoms with E-state index in [2.05, 4.69) is 48.3 Å². The van der Waals surface area contributed by atoms with Gasteiger partial charge in [0.1, 0.15) is 5.75 Å². The zero-order valence-corrected chi connectivity index (χ0v) is 10.7. The van der Waals surface area contributed by atoms with Gasteiger partial charge in [-0.2, -0.15) is 11.8 Å². The second-order valence-corrected chi connectivity index (χ2v) is 5.32. The molecule has 0 amide bonds. The molecule has 1 unspecified atom stereocenters. The molecule has 0 aromatic heterocycles. The molecule has 0 radical (unpaired) electrons. The highest BCUT2D eigenvalue weighted by atomic mass is 32.2. The summed E-state index contributed by atoms with van der Waals surface area (Å²) in [7, 11) is 1.71. The van der Waals surface area contributed by atoms with Crippen molar-refractivity contribution < 1.29 is 4.74 Å². The van der Waals surface area contributed by atoms with Gasteiger partial charge in [0.05, 0.1) is 7.11 Å². The van der Waals surface area contributed by atoms with Crippen LogP contribution in [-0.4, -0.2) is 25.4 Å². The molecule has 2 rings (SSSR count). The third-order valence-corrected chi connectivity index (χ3v) is 4.44. The second-order valence-electron chi connectivity index (χ2n) is 4.09. The number of hydrogen-bond acceptors (Lipinski definition) is 3. The minimum atomic E-state index is 0.648. The third kappa shape index (κ3) is 2.71. The number of rotatable bonds is 4. The normalized spacial score (nSPS) is 24.6. The molecule has 88 valence electrons. The van der Waals surface area contributed by atoms with Crippen molar-refractivity contribution in [1.82, 2.24) is 5.32 Å². The van der Waals surface area contributed by atoms with Crippen LogP contribution in [0.15, 0.2) is 24.3 Å². The molecule has 0 bridgehead atoms. The van der Waals surface area contributed by atoms with E-state index in [9.17, 15) is 0 Å². The van der Waals surface area contributed by atoms with Crippen LogP contribution < -0.4 is 10.1 Å². The number of nitrogens with one attached hydrogen (secondary N) is 1. The Labute approximate surface area is 102 Å². The first kappa shape index (κ1) is 11.8. The van der Waals surface area contributed by atoms with Gasteiger partial charge in [-0.15, -0.1) is 0 Å². The SMILES string of the molecule is CCNC1CS[C@@H](c2ccc(OC)cc2)C1. The van der Waals surface area contributed by atoms with E-state index in [4.69, 9.17) is 4.74 Å². The van der Waals surface area contributed by atoms with Crippen molar-refractivity contribution in [3.8, 4) is 5.75 Å². The largest absolute Gasteiger partial charge is 0.497 e. The minimum absolute atomic E-state index is 0.648. The summed E-state index contributed by atoms with van der Waals surface area (Å²) in [6.07, 6.45) is 1.24. The molecule has 1 aliphatic rings. The van der Waals surface area contributed by atoms with Crippen molar-refractivity contribution in [3.63, 3.8) is 0 Å². The number of hydrogen-bond donors (Lipinski definition) is 1. The quantitative estimate of drug-likeness (QED) is 0.870. The summed E-state index contributed by atoms with van der Waals surface area (Å²) < 4.78 is 5.17. The lowest BCUT2D eigenvalue weighted by Gasteiger charge is -2.11. The molecule has 2 atom stereocenters. The van der Waals surface area contributed by atoms with Gasteiger partial charge in [-0.05, 0) is 30.7 Å². The van der Waals surface area contributed by atoms with Gasteiger partial charge >= 0.3 is 0 Å². The predicted molar refractivity (Wildman–Crippen MR) is 70.3 cm³/mol. The molecule has 3 heteroatoms. The van der Waals surface area contributed by atoms with Gasteiger partial charge in [-0.3, -0.25) is 0 Å². The average molecular weight is 237 g/mol. The van der Waals surface area contributed by atoms with Crippen LogP contribution in [-0.2, 0) is 0 Å². The topological polar surface area (TPSA) is 21.3 Å². The van der Waals surface area contributed by atoms with E-state index in [0.29, 0.717) is 11.3 Å². The molecule has 1 aromatic carbocycles. The lowest BCUT2D eigenvalue weighted by atomic mass is 10.1. The Morgan fingerprint density at radius 1 is 1.38 bits per heavy atom. The number of methoxy groups -OCH3 is 1. The van der Waals surface area contributed by atoms with Crippen molar-refractivity contribution in [2.45, 2.75) is 24.6 Å². The predicted octanol–water partition coefficient (Wildman–Crippen LogP) is 2.85. The lowest BCUT2D eigenvalue weighted by Crippen LogP contribution is -2.28. The Morgan fingerprint density at radius 2 is 2.12 bits per heavy atom. The van der Waals surface area contributed by atoms with Gasteiger partial charge in [0.25, 0.3) is 0 Å². The van der Waals surface area contributed by atoms with Gasteiger partial charge in [-0.1, -0.05) is 19.1 Å². The molecule has 1 heterocycles. The molecule has 1 aliphatic heterocycles. The minimum Gasteiger partial charge on any atom is -0.497 e. The van der Waals surface area contributed by atoms with E-state index in [-0.39, 0.29) is 0 Å². The maximum Gasteiger partial charge on any atom is 0.118 e. The van der Waals surface area contributed by atoms with Crippen LogP contribution in [0.5, 0.6) is 5.75 Å². The van der Waals surface area contributed by atoms with Crippen LogP contribution in [0.3, 0.4) is 0 Å². The van der Waals surface area contributed by atoms with Crippen molar-refractivity contribution in [1.29, 1.82) is 0 Å². The Morgan fingerprint density at radius 3 is 2.75 bits per heavy atom. The molecule has 1 aromatic rings. The number of benzene rings is 1. The zero-order valence-electron chi connectivity index (χ0n) is 9.90. The Kier molecular flexibility index (Phi) is 4.13. The van der Waals surface area contributed by atoms with Crippen LogP contribution in [0.2, 0.25) is 0 Å². The first-order valence-electron chi connectivity index (χ1n) is 5.82. The summed E-state index contributed by atoms with van der Waals surface area (Å²) in [6, 6.07) is 9.16. The van der Waals surface area contributed by atoms with Crippen LogP contribution in [0.4, 0.5) is 0 Å². The molecule has 1 saturated heterocycles. The summed E-state index contributed by atoms with van der Waals surface area (Å²) in [5, 5.41) is 4.17. The summed E-state index contributed by atoms with van der Waals surface area (Å²) in [4.78, 5) is 0. The van der Waals surface area contributed by atoms with Crippen LogP contribution >= 0.6 is 11.8 Å². The van der Waals surface area contributed by atoms with Crippen LogP contribution in [0.1, 0.15) is 24.2 Å². The fourth-order valence-electron chi connectivity index (χ4n) is 2.11. The maximum atomic E-state index is 5.17. The molecule has 16 heavy (non-hydrogen) atoms. The van der Waals surface area contributed by atoms with Crippen LogP contribution in [0.25, 0.3) is 0 Å².